The Hall–Kier alpha value is -6.64. The van der Waals surface area contributed by atoms with Crippen LogP contribution < -0.4 is 11.5 Å². The van der Waals surface area contributed by atoms with Crippen molar-refractivity contribution in [2.24, 2.45) is 5.73 Å². The topological polar surface area (TPSA) is 52.0 Å². The SMILES string of the molecule is C=C/C(=C\N)c1ccc2cc(C(/C=C\C(=C)C(=C)/C=C\c3cc(-c4ccc(-c5ccccc5)cc4)ccc3C)=C/C)ccc2c1.Nc1ccccc1. The average Bonchev–Trinajstić information content (AvgIpc) is 3.19. The lowest BCUT2D eigenvalue weighted by atomic mass is 9.96. The Morgan fingerprint density at radius 2 is 1.08 bits per heavy atom. The van der Waals surface area contributed by atoms with Crippen molar-refractivity contribution < 1.29 is 0 Å². The standard InChI is InChI=1S/C44H39N.C6H7N/c1-6-34(40-23-25-44-29-41(35(7-2)30-45)24-26-43(44)28-40)16-13-31(3)32(4)14-17-39-27-42(18-15-33(39)5)38-21-19-37(20-22-38)36-11-9-8-10-12-36;7-6-4-2-1-3-5-6/h6-30H,2-4,45H2,1,5H3;1-5H,7H2/b16-13-,17-14-,34-6+,35-30+;. The van der Waals surface area contributed by atoms with Gasteiger partial charge in [-0.2, -0.15) is 0 Å². The van der Waals surface area contributed by atoms with Gasteiger partial charge in [0.2, 0.25) is 0 Å². The predicted molar refractivity (Wildman–Crippen MR) is 229 cm³/mol. The minimum atomic E-state index is 0.822. The molecule has 0 spiro atoms. The van der Waals surface area contributed by atoms with Gasteiger partial charge in [0, 0.05) is 11.9 Å². The van der Waals surface area contributed by atoms with Crippen molar-refractivity contribution in [3.8, 4) is 22.3 Å². The molecule has 52 heavy (non-hydrogen) atoms. The van der Waals surface area contributed by atoms with Crippen LogP contribution in [-0.4, -0.2) is 0 Å². The molecule has 0 atom stereocenters. The van der Waals surface area contributed by atoms with E-state index in [-0.39, 0.29) is 0 Å². The molecular formula is C50H46N2. The normalized spacial score (nSPS) is 11.7. The van der Waals surface area contributed by atoms with Crippen molar-refractivity contribution in [2.45, 2.75) is 13.8 Å². The van der Waals surface area contributed by atoms with Gasteiger partial charge in [-0.3, -0.25) is 0 Å². The molecule has 0 aliphatic carbocycles. The fraction of sp³-hybridized carbons (Fsp3) is 0.0400. The molecule has 0 heterocycles. The van der Waals surface area contributed by atoms with E-state index in [1.807, 2.05) is 48.6 Å². The van der Waals surface area contributed by atoms with Gasteiger partial charge in [-0.1, -0.05) is 165 Å². The van der Waals surface area contributed by atoms with Crippen LogP contribution in [0.2, 0.25) is 0 Å². The van der Waals surface area contributed by atoms with Crippen LogP contribution >= 0.6 is 0 Å². The second-order valence-corrected chi connectivity index (χ2v) is 12.5. The molecule has 0 bridgehead atoms. The third-order valence-corrected chi connectivity index (χ3v) is 8.96. The summed E-state index contributed by atoms with van der Waals surface area (Å²) >= 11 is 0. The van der Waals surface area contributed by atoms with Crippen LogP contribution in [0.1, 0.15) is 29.2 Å². The van der Waals surface area contributed by atoms with Crippen molar-refractivity contribution in [2.75, 3.05) is 5.73 Å². The fourth-order valence-electron chi connectivity index (χ4n) is 5.78. The largest absolute Gasteiger partial charge is 0.404 e. The second-order valence-electron chi connectivity index (χ2n) is 12.5. The Labute approximate surface area is 309 Å². The van der Waals surface area contributed by atoms with E-state index in [4.69, 9.17) is 11.5 Å². The number of fused-ring (bicyclic) bond motifs is 1. The maximum absolute atomic E-state index is 5.76. The monoisotopic (exact) mass is 674 g/mol. The van der Waals surface area contributed by atoms with Gasteiger partial charge in [-0.05, 0) is 122 Å². The number of benzene rings is 6. The minimum Gasteiger partial charge on any atom is -0.404 e. The third kappa shape index (κ3) is 9.53. The summed E-state index contributed by atoms with van der Waals surface area (Å²) in [4.78, 5) is 0. The third-order valence-electron chi connectivity index (χ3n) is 8.96. The van der Waals surface area contributed by atoms with Crippen LogP contribution in [0.15, 0.2) is 207 Å². The van der Waals surface area contributed by atoms with Gasteiger partial charge in [-0.15, -0.1) is 0 Å². The van der Waals surface area contributed by atoms with Gasteiger partial charge >= 0.3 is 0 Å². The molecule has 6 aromatic rings. The summed E-state index contributed by atoms with van der Waals surface area (Å²) in [6.07, 6.45) is 13.8. The molecular weight excluding hydrogens is 629 g/mol. The average molecular weight is 675 g/mol. The number of hydrogen-bond donors (Lipinski definition) is 2. The van der Waals surface area contributed by atoms with Crippen molar-refractivity contribution >= 4 is 33.7 Å². The lowest BCUT2D eigenvalue weighted by Gasteiger charge is -2.09. The van der Waals surface area contributed by atoms with Crippen LogP contribution in [-0.2, 0) is 0 Å². The quantitative estimate of drug-likeness (QED) is 0.112. The predicted octanol–water partition coefficient (Wildman–Crippen LogP) is 13.0. The van der Waals surface area contributed by atoms with Crippen LogP contribution in [0.25, 0.3) is 50.2 Å². The van der Waals surface area contributed by atoms with Gasteiger partial charge < -0.3 is 11.5 Å². The highest BCUT2D eigenvalue weighted by atomic mass is 14.5. The molecule has 0 saturated heterocycles. The second kappa shape index (κ2) is 17.8. The van der Waals surface area contributed by atoms with Crippen LogP contribution in [0.4, 0.5) is 5.69 Å². The first-order chi connectivity index (χ1) is 25.3. The van der Waals surface area contributed by atoms with E-state index in [0.29, 0.717) is 0 Å². The fourth-order valence-corrected chi connectivity index (χ4v) is 5.78. The zero-order valence-corrected chi connectivity index (χ0v) is 30.1. The molecule has 256 valence electrons. The van der Waals surface area contributed by atoms with E-state index in [9.17, 15) is 0 Å². The van der Waals surface area contributed by atoms with E-state index >= 15 is 0 Å². The molecule has 2 heteroatoms. The van der Waals surface area contributed by atoms with Gasteiger partial charge in [0.1, 0.15) is 0 Å². The van der Waals surface area contributed by atoms with E-state index in [1.54, 1.807) is 12.3 Å². The van der Waals surface area contributed by atoms with Crippen LogP contribution in [0.5, 0.6) is 0 Å². The molecule has 0 aliphatic rings. The molecule has 0 fully saturated rings. The Morgan fingerprint density at radius 3 is 1.62 bits per heavy atom. The van der Waals surface area contributed by atoms with Gasteiger partial charge in [0.15, 0.2) is 0 Å². The Morgan fingerprint density at radius 1 is 0.558 bits per heavy atom. The van der Waals surface area contributed by atoms with E-state index in [1.165, 1.54) is 33.2 Å². The van der Waals surface area contributed by atoms with Gasteiger partial charge in [0.25, 0.3) is 0 Å². The van der Waals surface area contributed by atoms with E-state index < -0.39 is 0 Å². The number of allylic oxidation sites excluding steroid dienone is 9. The first kappa shape index (κ1) is 36.6. The number of nitrogen functional groups attached to an aromatic ring is 1. The minimum absolute atomic E-state index is 0.822. The van der Waals surface area contributed by atoms with Gasteiger partial charge in [-0.25, -0.2) is 0 Å². The lowest BCUT2D eigenvalue weighted by Crippen LogP contribution is -1.88. The maximum atomic E-state index is 5.76. The zero-order chi connectivity index (χ0) is 36.9. The molecule has 0 unspecified atom stereocenters. The zero-order valence-electron chi connectivity index (χ0n) is 30.1. The number of aryl methyl sites for hydroxylation is 1. The Kier molecular flexibility index (Phi) is 12.6. The van der Waals surface area contributed by atoms with Gasteiger partial charge in [0.05, 0.1) is 0 Å². The van der Waals surface area contributed by atoms with Crippen molar-refractivity contribution in [3.63, 3.8) is 0 Å². The molecule has 0 aliphatic heterocycles. The molecule has 2 nitrogen and oxygen atoms in total. The Balaban J connectivity index is 0.000000668. The van der Waals surface area contributed by atoms with Crippen LogP contribution in [0, 0.1) is 6.92 Å². The maximum Gasteiger partial charge on any atom is 0.0313 e. The molecule has 0 radical (unpaired) electrons. The van der Waals surface area contributed by atoms with Crippen molar-refractivity contribution in [3.05, 3.63) is 229 Å². The van der Waals surface area contributed by atoms with E-state index in [2.05, 4.69) is 155 Å². The summed E-state index contributed by atoms with van der Waals surface area (Å²) in [5.74, 6) is 0. The highest BCUT2D eigenvalue weighted by Gasteiger charge is 2.05. The van der Waals surface area contributed by atoms with E-state index in [0.717, 1.165) is 50.1 Å². The summed E-state index contributed by atoms with van der Waals surface area (Å²) in [7, 11) is 0. The Bertz CT molecular complexity index is 2300. The lowest BCUT2D eigenvalue weighted by molar-refractivity contribution is 1.44. The number of nitrogens with two attached hydrogens (primary N) is 2. The summed E-state index contributed by atoms with van der Waals surface area (Å²) in [5, 5.41) is 2.32. The molecule has 6 aromatic carbocycles. The molecule has 0 saturated carbocycles. The number of rotatable bonds is 10. The molecule has 4 N–H and O–H groups in total. The first-order valence-corrected chi connectivity index (χ1v) is 17.4. The highest BCUT2D eigenvalue weighted by molar-refractivity contribution is 5.91. The summed E-state index contributed by atoms with van der Waals surface area (Å²) < 4.78 is 0. The molecule has 0 aromatic heterocycles. The molecule has 0 amide bonds. The highest BCUT2D eigenvalue weighted by Crippen LogP contribution is 2.29. The van der Waals surface area contributed by atoms with Crippen molar-refractivity contribution in [1.29, 1.82) is 0 Å². The summed E-state index contributed by atoms with van der Waals surface area (Å²) in [5.41, 5.74) is 25.1. The summed E-state index contributed by atoms with van der Waals surface area (Å²) in [6.45, 7) is 16.6. The number of anilines is 1. The smallest absolute Gasteiger partial charge is 0.0313 e. The first-order valence-electron chi connectivity index (χ1n) is 17.4. The number of para-hydroxylation sites is 1. The van der Waals surface area contributed by atoms with Crippen LogP contribution in [0.3, 0.4) is 0 Å². The molecule has 6 rings (SSSR count). The summed E-state index contributed by atoms with van der Waals surface area (Å²) in [6, 6.07) is 48.1. The van der Waals surface area contributed by atoms with Crippen molar-refractivity contribution in [1.82, 2.24) is 0 Å². The number of hydrogen-bond acceptors (Lipinski definition) is 2.